The maximum Gasteiger partial charge on any atom is 0.161 e. The normalized spacial score (nSPS) is 24.2. The van der Waals surface area contributed by atoms with Gasteiger partial charge in [-0.3, -0.25) is 0 Å². The first-order valence-electron chi connectivity index (χ1n) is 8.63. The second-order valence-corrected chi connectivity index (χ2v) is 6.27. The molecule has 1 unspecified atom stereocenters. The minimum absolute atomic E-state index is 0.374. The van der Waals surface area contributed by atoms with Gasteiger partial charge in [0.15, 0.2) is 11.5 Å². The quantitative estimate of drug-likeness (QED) is 0.559. The molecule has 0 aromatic heterocycles. The number of para-hydroxylation sites is 2. The molecule has 0 radical (unpaired) electrons. The molecule has 0 saturated carbocycles. The zero-order valence-electron chi connectivity index (χ0n) is 14.4. The van der Waals surface area contributed by atoms with Gasteiger partial charge in [0.2, 0.25) is 0 Å². The average Bonchev–Trinajstić information content (AvgIpc) is 2.52. The molecule has 1 saturated heterocycles. The summed E-state index contributed by atoms with van der Waals surface area (Å²) in [4.78, 5) is 1.64. The van der Waals surface area contributed by atoms with Gasteiger partial charge in [0.05, 0.1) is 13.2 Å². The summed E-state index contributed by atoms with van der Waals surface area (Å²) in [5, 5.41) is 0. The highest BCUT2D eigenvalue weighted by Crippen LogP contribution is 2.26. The third-order valence-electron chi connectivity index (χ3n) is 4.00. The molecule has 1 aliphatic heterocycles. The molecule has 0 spiro atoms. The fraction of sp³-hybridized carbons (Fsp3) is 0.579. The van der Waals surface area contributed by atoms with E-state index in [4.69, 9.17) is 14.2 Å². The van der Waals surface area contributed by atoms with Gasteiger partial charge in [-0.25, -0.2) is 0 Å². The van der Waals surface area contributed by atoms with E-state index in [9.17, 15) is 0 Å². The van der Waals surface area contributed by atoms with Gasteiger partial charge in [0.25, 0.3) is 0 Å². The Morgan fingerprint density at radius 1 is 1.13 bits per heavy atom. The number of hydrogen-bond donors (Lipinski definition) is 1. The lowest BCUT2D eigenvalue weighted by molar-refractivity contribution is -0.915. The number of benzene rings is 1. The van der Waals surface area contributed by atoms with Crippen LogP contribution < -0.4 is 14.4 Å². The Kier molecular flexibility index (Phi) is 7.43. The second kappa shape index (κ2) is 9.58. The van der Waals surface area contributed by atoms with Gasteiger partial charge >= 0.3 is 0 Å². The number of morpholine rings is 1. The van der Waals surface area contributed by atoms with Crippen molar-refractivity contribution in [2.75, 3.05) is 32.8 Å². The summed E-state index contributed by atoms with van der Waals surface area (Å²) < 4.78 is 17.3. The Hall–Kier alpha value is -1.52. The molecule has 4 heteroatoms. The van der Waals surface area contributed by atoms with Crippen molar-refractivity contribution < 1.29 is 19.1 Å². The topological polar surface area (TPSA) is 32.1 Å². The molecule has 1 aromatic rings. The van der Waals surface area contributed by atoms with E-state index in [1.54, 1.807) is 11.0 Å². The van der Waals surface area contributed by atoms with E-state index in [1.165, 1.54) is 13.0 Å². The van der Waals surface area contributed by atoms with Gasteiger partial charge in [-0.15, -0.1) is 0 Å². The van der Waals surface area contributed by atoms with E-state index in [0.29, 0.717) is 18.8 Å². The van der Waals surface area contributed by atoms with Gasteiger partial charge < -0.3 is 19.1 Å². The Bertz CT molecular complexity index is 467. The minimum Gasteiger partial charge on any atom is -0.490 e. The fourth-order valence-electron chi connectivity index (χ4n) is 3.09. The number of quaternary nitrogens is 1. The predicted octanol–water partition coefficient (Wildman–Crippen LogP) is 2.10. The molecule has 4 nitrogen and oxygen atoms in total. The van der Waals surface area contributed by atoms with E-state index in [-0.39, 0.29) is 0 Å². The van der Waals surface area contributed by atoms with Gasteiger partial charge in [0, 0.05) is 0 Å². The van der Waals surface area contributed by atoms with Gasteiger partial charge in [-0.05, 0) is 38.8 Å². The van der Waals surface area contributed by atoms with Crippen LogP contribution in [0.5, 0.6) is 11.5 Å². The lowest BCUT2D eigenvalue weighted by atomic mass is 10.2. The molecule has 0 aliphatic carbocycles. The molecule has 1 heterocycles. The fourth-order valence-corrected chi connectivity index (χ4v) is 3.09. The third kappa shape index (κ3) is 6.24. The molecule has 0 amide bonds. The predicted molar refractivity (Wildman–Crippen MR) is 92.4 cm³/mol. The summed E-state index contributed by atoms with van der Waals surface area (Å²) in [5.41, 5.74) is 0. The van der Waals surface area contributed by atoms with Crippen LogP contribution in [0.15, 0.2) is 36.9 Å². The molecule has 128 valence electrons. The van der Waals surface area contributed by atoms with Crippen LogP contribution in [0.3, 0.4) is 0 Å². The van der Waals surface area contributed by atoms with Crippen molar-refractivity contribution in [2.45, 2.75) is 38.9 Å². The molecule has 3 atom stereocenters. The van der Waals surface area contributed by atoms with Crippen molar-refractivity contribution >= 4 is 0 Å². The number of nitrogens with one attached hydrogen (secondary N) is 1. The third-order valence-corrected chi connectivity index (χ3v) is 4.00. The monoisotopic (exact) mass is 320 g/mol. The van der Waals surface area contributed by atoms with Gasteiger partial charge in [-0.1, -0.05) is 24.8 Å². The minimum atomic E-state index is 0.374. The molecule has 1 N–H and O–H groups in total. The maximum absolute atomic E-state index is 5.87. The molecular weight excluding hydrogens is 290 g/mol. The Labute approximate surface area is 140 Å². The Morgan fingerprint density at radius 3 is 2.43 bits per heavy atom. The number of hydrogen-bond acceptors (Lipinski definition) is 3. The van der Waals surface area contributed by atoms with Crippen LogP contribution in [-0.4, -0.2) is 45.1 Å². The van der Waals surface area contributed by atoms with Crippen LogP contribution in [-0.2, 0) is 4.74 Å². The van der Waals surface area contributed by atoms with Gasteiger partial charge in [0.1, 0.15) is 31.9 Å². The Morgan fingerprint density at radius 2 is 1.78 bits per heavy atom. The van der Waals surface area contributed by atoms with Crippen molar-refractivity contribution in [3.8, 4) is 11.5 Å². The molecule has 2 rings (SSSR count). The number of ether oxygens (including phenoxy) is 3. The zero-order valence-corrected chi connectivity index (χ0v) is 14.4. The highest BCUT2D eigenvalue weighted by atomic mass is 16.5. The van der Waals surface area contributed by atoms with Crippen LogP contribution in [0.1, 0.15) is 26.7 Å². The summed E-state index contributed by atoms with van der Waals surface area (Å²) in [7, 11) is 0. The number of rotatable bonds is 9. The highest BCUT2D eigenvalue weighted by Gasteiger charge is 2.24. The van der Waals surface area contributed by atoms with E-state index in [2.05, 4.69) is 20.4 Å². The summed E-state index contributed by atoms with van der Waals surface area (Å²) in [5.74, 6) is 1.60. The smallest absolute Gasteiger partial charge is 0.161 e. The van der Waals surface area contributed by atoms with E-state index < -0.39 is 0 Å². The van der Waals surface area contributed by atoms with Crippen molar-refractivity contribution in [1.29, 1.82) is 0 Å². The average molecular weight is 320 g/mol. The zero-order chi connectivity index (χ0) is 16.5. The first-order valence-corrected chi connectivity index (χ1v) is 8.63. The van der Waals surface area contributed by atoms with E-state index in [0.717, 1.165) is 37.6 Å². The second-order valence-electron chi connectivity index (χ2n) is 6.27. The van der Waals surface area contributed by atoms with Crippen molar-refractivity contribution in [1.82, 2.24) is 0 Å². The first kappa shape index (κ1) is 17.8. The SMILES string of the molecule is C=CCOc1ccccc1OCCCC[NH+]1C[C@@H](C)O[C@@H](C)C1. The summed E-state index contributed by atoms with van der Waals surface area (Å²) in [6.45, 7) is 12.6. The van der Waals surface area contributed by atoms with E-state index >= 15 is 0 Å². The van der Waals surface area contributed by atoms with Gasteiger partial charge in [-0.2, -0.15) is 0 Å². The van der Waals surface area contributed by atoms with Crippen molar-refractivity contribution in [3.63, 3.8) is 0 Å². The summed E-state index contributed by atoms with van der Waals surface area (Å²) >= 11 is 0. The highest BCUT2D eigenvalue weighted by molar-refractivity contribution is 5.39. The Balaban J connectivity index is 1.66. The summed E-state index contributed by atoms with van der Waals surface area (Å²) in [6, 6.07) is 7.81. The standard InChI is InChI=1S/C19H29NO3/c1-4-12-21-18-9-5-6-10-19(18)22-13-8-7-11-20-14-16(2)23-17(3)15-20/h4-6,9-10,16-17H,1,7-8,11-15H2,2-3H3/p+1/t16-,17+. The number of unbranched alkanes of at least 4 members (excludes halogenated alkanes) is 1. The molecular formula is C19H30NO3+. The lowest BCUT2D eigenvalue weighted by Gasteiger charge is -2.32. The van der Waals surface area contributed by atoms with E-state index in [1.807, 2.05) is 24.3 Å². The van der Waals surface area contributed by atoms with Crippen LogP contribution in [0.4, 0.5) is 0 Å². The largest absolute Gasteiger partial charge is 0.490 e. The first-order chi connectivity index (χ1) is 11.2. The van der Waals surface area contributed by atoms with Crippen LogP contribution >= 0.6 is 0 Å². The lowest BCUT2D eigenvalue weighted by Crippen LogP contribution is -3.15. The van der Waals surface area contributed by atoms with Crippen LogP contribution in [0.25, 0.3) is 0 Å². The molecule has 1 fully saturated rings. The summed E-state index contributed by atoms with van der Waals surface area (Å²) in [6.07, 6.45) is 4.72. The van der Waals surface area contributed by atoms with Crippen LogP contribution in [0.2, 0.25) is 0 Å². The maximum atomic E-state index is 5.87. The molecule has 23 heavy (non-hydrogen) atoms. The molecule has 1 aliphatic rings. The van der Waals surface area contributed by atoms with Crippen LogP contribution in [0, 0.1) is 0 Å². The molecule has 1 aromatic carbocycles. The molecule has 0 bridgehead atoms. The van der Waals surface area contributed by atoms with Crippen molar-refractivity contribution in [2.24, 2.45) is 0 Å². The van der Waals surface area contributed by atoms with Crippen molar-refractivity contribution in [3.05, 3.63) is 36.9 Å².